The number of carbonyl (C=O) groups excluding carboxylic acids is 3. The number of ketones is 1. The molecular formula is C31H43N3O8S. The number of carboxylic acid groups (broad SMARTS) is 1. The number of thiazole rings is 1. The number of Topliss-reactive ketones (excluding diaryl/α,β-unsaturated/α-hetero) is 1. The molecule has 1 fully saturated rings. The number of aromatic nitrogens is 1. The van der Waals surface area contributed by atoms with Gasteiger partial charge < -0.3 is 29.9 Å². The predicted molar refractivity (Wildman–Crippen MR) is 161 cm³/mol. The zero-order chi connectivity index (χ0) is 31.6. The molecule has 1 unspecified atom stereocenters. The average molecular weight is 618 g/mol. The molecule has 236 valence electrons. The Morgan fingerprint density at radius 2 is 1.72 bits per heavy atom. The Hall–Kier alpha value is -3.19. The number of nitrogens with zero attached hydrogens (tertiary/aromatic N) is 2. The van der Waals surface area contributed by atoms with Gasteiger partial charge in [-0.05, 0) is 23.5 Å². The lowest BCUT2D eigenvalue weighted by atomic mass is 9.76. The number of aliphatic hydroxyl groups is 1. The molecule has 3 atom stereocenters. The molecule has 0 aliphatic carbocycles. The summed E-state index contributed by atoms with van der Waals surface area (Å²) in [7, 11) is 0. The van der Waals surface area contributed by atoms with Crippen molar-refractivity contribution in [3.63, 3.8) is 0 Å². The summed E-state index contributed by atoms with van der Waals surface area (Å²) in [4.78, 5) is 57.1. The van der Waals surface area contributed by atoms with Gasteiger partial charge in [0.25, 0.3) is 0 Å². The third kappa shape index (κ3) is 10.5. The van der Waals surface area contributed by atoms with Crippen LogP contribution in [0.25, 0.3) is 10.4 Å². The fourth-order valence-corrected chi connectivity index (χ4v) is 5.74. The minimum Gasteiger partial charge on any atom is -0.481 e. The van der Waals surface area contributed by atoms with Crippen LogP contribution in [-0.4, -0.2) is 88.8 Å². The van der Waals surface area contributed by atoms with Gasteiger partial charge >= 0.3 is 5.97 Å². The maximum atomic E-state index is 13.8. The quantitative estimate of drug-likeness (QED) is 0.241. The van der Waals surface area contributed by atoms with E-state index in [1.165, 1.54) is 4.90 Å². The van der Waals surface area contributed by atoms with Crippen LogP contribution in [0.4, 0.5) is 0 Å². The topological polar surface area (TPSA) is 155 Å². The number of amides is 2. The maximum absolute atomic E-state index is 13.8. The molecule has 1 aromatic heterocycles. The predicted octanol–water partition coefficient (Wildman–Crippen LogP) is 3.22. The number of aryl methyl sites for hydroxylation is 1. The molecule has 1 aliphatic heterocycles. The van der Waals surface area contributed by atoms with Crippen LogP contribution < -0.4 is 5.32 Å². The average Bonchev–Trinajstić information content (AvgIpc) is 3.56. The van der Waals surface area contributed by atoms with Crippen molar-refractivity contribution in [1.29, 1.82) is 0 Å². The van der Waals surface area contributed by atoms with Crippen LogP contribution in [0.2, 0.25) is 0 Å². The van der Waals surface area contributed by atoms with Gasteiger partial charge in [0.15, 0.2) is 0 Å². The first-order valence-electron chi connectivity index (χ1n) is 14.5. The first kappa shape index (κ1) is 34.3. The Bertz CT molecular complexity index is 1240. The minimum absolute atomic E-state index is 0.00662. The fraction of sp³-hybridized carbons (Fsp3) is 0.581. The molecular weight excluding hydrogens is 574 g/mol. The summed E-state index contributed by atoms with van der Waals surface area (Å²) in [5, 5.41) is 21.9. The van der Waals surface area contributed by atoms with E-state index in [0.29, 0.717) is 0 Å². The molecule has 0 bridgehead atoms. The summed E-state index contributed by atoms with van der Waals surface area (Å²) in [5.41, 5.74) is 4.18. The van der Waals surface area contributed by atoms with Gasteiger partial charge in [0.2, 0.25) is 11.8 Å². The SMILES string of the molecule is Cc1ncsc1-c1ccc(CNC(=O)C2C[C@@H](O)CN2C(=O)[C@@H](CC(=O)CCOCCOCCC(=O)O)C(C)(C)C)cc1. The molecule has 43 heavy (non-hydrogen) atoms. The highest BCUT2D eigenvalue weighted by Crippen LogP contribution is 2.34. The van der Waals surface area contributed by atoms with Crippen LogP contribution >= 0.6 is 11.3 Å². The first-order chi connectivity index (χ1) is 20.4. The second-order valence-corrected chi connectivity index (χ2v) is 12.7. The Morgan fingerprint density at radius 3 is 2.30 bits per heavy atom. The molecule has 2 heterocycles. The third-order valence-corrected chi connectivity index (χ3v) is 8.40. The van der Waals surface area contributed by atoms with Crippen molar-refractivity contribution in [3.05, 3.63) is 41.0 Å². The van der Waals surface area contributed by atoms with Crippen LogP contribution in [0, 0.1) is 18.3 Å². The molecule has 3 N–H and O–H groups in total. The van der Waals surface area contributed by atoms with Crippen LogP contribution in [0.15, 0.2) is 29.8 Å². The highest BCUT2D eigenvalue weighted by Gasteiger charge is 2.44. The van der Waals surface area contributed by atoms with Crippen LogP contribution in [0.1, 0.15) is 57.7 Å². The Balaban J connectivity index is 1.53. The first-order valence-corrected chi connectivity index (χ1v) is 15.4. The number of carbonyl (C=O) groups is 4. The number of carboxylic acids is 1. The van der Waals surface area contributed by atoms with Crippen molar-refractivity contribution >= 4 is 34.9 Å². The van der Waals surface area contributed by atoms with Crippen LogP contribution in [0.5, 0.6) is 0 Å². The van der Waals surface area contributed by atoms with Gasteiger partial charge in [0, 0.05) is 38.3 Å². The maximum Gasteiger partial charge on any atom is 0.305 e. The highest BCUT2D eigenvalue weighted by atomic mass is 32.1. The van der Waals surface area contributed by atoms with E-state index in [9.17, 15) is 24.3 Å². The molecule has 0 spiro atoms. The van der Waals surface area contributed by atoms with E-state index < -0.39 is 29.4 Å². The van der Waals surface area contributed by atoms with Gasteiger partial charge in [-0.2, -0.15) is 0 Å². The second-order valence-electron chi connectivity index (χ2n) is 11.9. The van der Waals surface area contributed by atoms with E-state index in [1.54, 1.807) is 11.3 Å². The van der Waals surface area contributed by atoms with E-state index in [1.807, 2.05) is 57.5 Å². The third-order valence-electron chi connectivity index (χ3n) is 7.43. The van der Waals surface area contributed by atoms with Crippen LogP contribution in [-0.2, 0) is 35.2 Å². The van der Waals surface area contributed by atoms with E-state index >= 15 is 0 Å². The highest BCUT2D eigenvalue weighted by molar-refractivity contribution is 7.13. The summed E-state index contributed by atoms with van der Waals surface area (Å²) >= 11 is 1.57. The molecule has 0 saturated carbocycles. The number of hydrogen-bond acceptors (Lipinski definition) is 9. The van der Waals surface area contributed by atoms with E-state index in [0.717, 1.165) is 21.7 Å². The standard InChI is InChI=1S/C31H43N3O8S/c1-20-28(43-19-33-20)22-7-5-21(6-8-22)17-32-29(39)26-16-24(36)18-34(26)30(40)25(31(2,3)4)15-23(35)9-11-41-13-14-42-12-10-27(37)38/h5-8,19,24-26,36H,9-18H2,1-4H3,(H,32,39)(H,37,38)/t24-,25-,26?/m1/s1. The van der Waals surface area contributed by atoms with Crippen molar-refractivity contribution in [1.82, 2.24) is 15.2 Å². The molecule has 1 aliphatic rings. The lowest BCUT2D eigenvalue weighted by Gasteiger charge is -2.34. The number of aliphatic carboxylic acids is 1. The number of rotatable bonds is 16. The van der Waals surface area contributed by atoms with Gasteiger partial charge in [-0.1, -0.05) is 45.0 Å². The van der Waals surface area contributed by atoms with Crippen molar-refractivity contribution in [2.75, 3.05) is 33.0 Å². The molecule has 1 aromatic carbocycles. The minimum atomic E-state index is -0.936. The van der Waals surface area contributed by atoms with Gasteiger partial charge in [-0.15, -0.1) is 11.3 Å². The second kappa shape index (κ2) is 16.0. The number of nitrogens with one attached hydrogen (secondary N) is 1. The van der Waals surface area contributed by atoms with Crippen molar-refractivity contribution in [2.24, 2.45) is 11.3 Å². The molecule has 12 heteroatoms. The lowest BCUT2D eigenvalue weighted by Crippen LogP contribution is -2.50. The Kier molecular flexibility index (Phi) is 12.8. The number of hydrogen-bond donors (Lipinski definition) is 3. The smallest absolute Gasteiger partial charge is 0.305 e. The summed E-state index contributed by atoms with van der Waals surface area (Å²) in [6, 6.07) is 7.04. The largest absolute Gasteiger partial charge is 0.481 e. The van der Waals surface area contributed by atoms with Gasteiger partial charge in [0.1, 0.15) is 11.8 Å². The van der Waals surface area contributed by atoms with Gasteiger partial charge in [0.05, 0.1) is 55.0 Å². The number of ether oxygens (including phenoxy) is 2. The fourth-order valence-electron chi connectivity index (χ4n) is 4.93. The number of likely N-dealkylation sites (tertiary alicyclic amines) is 1. The number of aliphatic hydroxyl groups excluding tert-OH is 1. The normalized spacial score (nSPS) is 17.6. The molecule has 3 rings (SSSR count). The summed E-state index contributed by atoms with van der Waals surface area (Å²) in [6.07, 6.45) is -0.673. The van der Waals surface area contributed by atoms with Crippen molar-refractivity contribution in [3.8, 4) is 10.4 Å². The summed E-state index contributed by atoms with van der Waals surface area (Å²) in [6.45, 7) is 8.63. The van der Waals surface area contributed by atoms with E-state index in [4.69, 9.17) is 14.6 Å². The number of β-amino-alcohol motifs (C(OH)–C–C–N with tert-alkyl or cyclic N) is 1. The zero-order valence-corrected chi connectivity index (χ0v) is 26.2. The molecule has 1 saturated heterocycles. The molecule has 2 amide bonds. The monoisotopic (exact) mass is 617 g/mol. The van der Waals surface area contributed by atoms with E-state index in [2.05, 4.69) is 10.3 Å². The Labute approximate surface area is 256 Å². The summed E-state index contributed by atoms with van der Waals surface area (Å²) in [5.74, 6) is -2.42. The van der Waals surface area contributed by atoms with Gasteiger partial charge in [-0.3, -0.25) is 19.2 Å². The van der Waals surface area contributed by atoms with Crippen LogP contribution in [0.3, 0.4) is 0 Å². The number of benzene rings is 1. The van der Waals surface area contributed by atoms with Crippen molar-refractivity contribution in [2.45, 2.75) is 72.1 Å². The Morgan fingerprint density at radius 1 is 1.07 bits per heavy atom. The summed E-state index contributed by atoms with van der Waals surface area (Å²) < 4.78 is 10.6. The van der Waals surface area contributed by atoms with Crippen molar-refractivity contribution < 1.29 is 38.9 Å². The zero-order valence-electron chi connectivity index (χ0n) is 25.3. The molecule has 2 aromatic rings. The van der Waals surface area contributed by atoms with Gasteiger partial charge in [-0.25, -0.2) is 4.98 Å². The molecule has 11 nitrogen and oxygen atoms in total. The van der Waals surface area contributed by atoms with E-state index in [-0.39, 0.29) is 82.8 Å². The lowest BCUT2D eigenvalue weighted by molar-refractivity contribution is -0.146. The molecule has 0 radical (unpaired) electrons.